The molecule has 1 aliphatic heterocycles. The van der Waals surface area contributed by atoms with Crippen LogP contribution in [0, 0.1) is 5.92 Å². The van der Waals surface area contributed by atoms with E-state index in [2.05, 4.69) is 6.92 Å². The monoisotopic (exact) mass is 359 g/mol. The van der Waals surface area contributed by atoms with Gasteiger partial charge in [0.2, 0.25) is 5.91 Å². The predicted octanol–water partition coefficient (Wildman–Crippen LogP) is 3.61. The Morgan fingerprint density at radius 2 is 1.96 bits per heavy atom. The molecule has 5 nitrogen and oxygen atoms in total. The minimum Gasteiger partial charge on any atom is -0.481 e. The number of carbonyl (C=O) groups is 2. The molecule has 2 N–H and O–H groups in total. The molecule has 0 unspecified atom stereocenters. The molecule has 0 aromatic heterocycles. The third kappa shape index (κ3) is 4.09. The minimum absolute atomic E-state index is 0.138. The van der Waals surface area contributed by atoms with Crippen LogP contribution in [-0.4, -0.2) is 33.5 Å². The van der Waals surface area contributed by atoms with E-state index in [1.807, 2.05) is 29.2 Å². The van der Waals surface area contributed by atoms with Gasteiger partial charge in [-0.1, -0.05) is 37.6 Å². The number of benzene rings is 1. The van der Waals surface area contributed by atoms with E-state index in [1.165, 1.54) is 0 Å². The second-order valence-electron chi connectivity index (χ2n) is 7.99. The van der Waals surface area contributed by atoms with E-state index in [0.717, 1.165) is 49.8 Å². The molecule has 1 heterocycles. The summed E-state index contributed by atoms with van der Waals surface area (Å²) < 4.78 is 0. The summed E-state index contributed by atoms with van der Waals surface area (Å²) in [6, 6.07) is 8.24. The van der Waals surface area contributed by atoms with E-state index in [1.54, 1.807) is 0 Å². The van der Waals surface area contributed by atoms with Crippen molar-refractivity contribution in [2.45, 2.75) is 69.9 Å². The number of carboxylic acid groups (broad SMARTS) is 1. The number of nitrogens with zero attached hydrogens (tertiary/aromatic N) is 1. The van der Waals surface area contributed by atoms with E-state index in [-0.39, 0.29) is 18.4 Å². The summed E-state index contributed by atoms with van der Waals surface area (Å²) in [7, 11) is 0. The molecule has 5 heteroatoms. The van der Waals surface area contributed by atoms with Crippen LogP contribution in [0.3, 0.4) is 0 Å². The fourth-order valence-corrected chi connectivity index (χ4v) is 3.95. The number of aliphatic hydroxyl groups is 1. The summed E-state index contributed by atoms with van der Waals surface area (Å²) in [6.45, 7) is 2.85. The molecular formula is C21H29NO4. The SMILES string of the molecule is C[C@@H](CCCC(=O)O)CCN1C(=O)C[C@@H]1c1ccc(C2(O)CCC2)cc1. The van der Waals surface area contributed by atoms with Gasteiger partial charge >= 0.3 is 5.97 Å². The first-order chi connectivity index (χ1) is 12.4. The fourth-order valence-electron chi connectivity index (χ4n) is 3.95. The molecular weight excluding hydrogens is 330 g/mol. The molecule has 1 saturated heterocycles. The zero-order chi connectivity index (χ0) is 18.7. The minimum atomic E-state index is -0.745. The maximum Gasteiger partial charge on any atom is 0.303 e. The van der Waals surface area contributed by atoms with Crippen molar-refractivity contribution >= 4 is 11.9 Å². The Bertz CT molecular complexity index is 650. The molecule has 2 fully saturated rings. The first-order valence-electron chi connectivity index (χ1n) is 9.73. The number of β-lactam (4-membered cyclic amide) rings is 1. The van der Waals surface area contributed by atoms with Crippen molar-refractivity contribution in [2.75, 3.05) is 6.54 Å². The second-order valence-corrected chi connectivity index (χ2v) is 7.99. The maximum absolute atomic E-state index is 12.0. The number of hydrogen-bond acceptors (Lipinski definition) is 3. The molecule has 1 aromatic carbocycles. The van der Waals surface area contributed by atoms with Crippen LogP contribution in [0.5, 0.6) is 0 Å². The summed E-state index contributed by atoms with van der Waals surface area (Å²) in [5, 5.41) is 19.1. The van der Waals surface area contributed by atoms with Gasteiger partial charge in [-0.3, -0.25) is 9.59 Å². The van der Waals surface area contributed by atoms with Crippen LogP contribution in [0.4, 0.5) is 0 Å². The summed E-state index contributed by atoms with van der Waals surface area (Å²) >= 11 is 0. The zero-order valence-corrected chi connectivity index (χ0v) is 15.5. The van der Waals surface area contributed by atoms with Crippen molar-refractivity contribution in [1.29, 1.82) is 0 Å². The number of hydrogen-bond donors (Lipinski definition) is 2. The molecule has 1 aromatic rings. The van der Waals surface area contributed by atoms with Gasteiger partial charge < -0.3 is 15.1 Å². The number of carbonyl (C=O) groups excluding carboxylic acids is 1. The van der Waals surface area contributed by atoms with Crippen LogP contribution in [0.2, 0.25) is 0 Å². The molecule has 0 radical (unpaired) electrons. The van der Waals surface area contributed by atoms with Crippen molar-refractivity contribution in [3.05, 3.63) is 35.4 Å². The first-order valence-corrected chi connectivity index (χ1v) is 9.73. The molecule has 142 valence electrons. The van der Waals surface area contributed by atoms with Gasteiger partial charge in [0.15, 0.2) is 0 Å². The van der Waals surface area contributed by atoms with Gasteiger partial charge in [0.05, 0.1) is 18.1 Å². The van der Waals surface area contributed by atoms with Crippen molar-refractivity contribution < 1.29 is 19.8 Å². The van der Waals surface area contributed by atoms with Crippen LogP contribution >= 0.6 is 0 Å². The standard InChI is InChI=1S/C21H29NO4/c1-15(4-2-5-20(24)25)10-13-22-18(14-19(22)23)16-6-8-17(9-7-16)21(26)11-3-12-21/h6-9,15,18,26H,2-5,10-14H2,1H3,(H,24,25)/t15-,18+/m0/s1. The zero-order valence-electron chi connectivity index (χ0n) is 15.5. The van der Waals surface area contributed by atoms with Crippen LogP contribution in [-0.2, 0) is 15.2 Å². The third-order valence-corrected chi connectivity index (χ3v) is 6.03. The lowest BCUT2D eigenvalue weighted by molar-refractivity contribution is -0.146. The van der Waals surface area contributed by atoms with Crippen molar-refractivity contribution in [1.82, 2.24) is 4.90 Å². The number of aliphatic carboxylic acids is 1. The van der Waals surface area contributed by atoms with Gasteiger partial charge in [-0.05, 0) is 49.1 Å². The number of rotatable bonds is 9. The maximum atomic E-state index is 12.0. The summed E-state index contributed by atoms with van der Waals surface area (Å²) in [5.41, 5.74) is 1.48. The van der Waals surface area contributed by atoms with E-state index in [9.17, 15) is 14.7 Å². The Kier molecular flexibility index (Phi) is 5.66. The van der Waals surface area contributed by atoms with Crippen LogP contribution in [0.1, 0.15) is 75.5 Å². The van der Waals surface area contributed by atoms with E-state index in [0.29, 0.717) is 18.8 Å². The normalized spacial score (nSPS) is 22.5. The van der Waals surface area contributed by atoms with Gasteiger partial charge in [-0.2, -0.15) is 0 Å². The van der Waals surface area contributed by atoms with E-state index in [4.69, 9.17) is 5.11 Å². The Morgan fingerprint density at radius 3 is 2.50 bits per heavy atom. The second kappa shape index (κ2) is 7.78. The Labute approximate surface area is 155 Å². The number of amides is 1. The lowest BCUT2D eigenvalue weighted by Crippen LogP contribution is -2.47. The van der Waals surface area contributed by atoms with Gasteiger partial charge in [0.25, 0.3) is 0 Å². The highest BCUT2D eigenvalue weighted by Gasteiger charge is 2.38. The third-order valence-electron chi connectivity index (χ3n) is 6.03. The van der Waals surface area contributed by atoms with Crippen molar-refractivity contribution in [2.24, 2.45) is 5.92 Å². The van der Waals surface area contributed by atoms with Crippen LogP contribution < -0.4 is 0 Å². The van der Waals surface area contributed by atoms with Gasteiger partial charge in [-0.25, -0.2) is 0 Å². The first kappa shape index (κ1) is 18.9. The highest BCUT2D eigenvalue weighted by atomic mass is 16.4. The predicted molar refractivity (Wildman–Crippen MR) is 98.5 cm³/mol. The molecule has 0 bridgehead atoms. The number of carboxylic acids is 1. The molecule has 3 rings (SSSR count). The molecule has 1 amide bonds. The molecule has 26 heavy (non-hydrogen) atoms. The fraction of sp³-hybridized carbons (Fsp3) is 0.619. The summed E-state index contributed by atoms with van der Waals surface area (Å²) in [5.74, 6) is -0.140. The lowest BCUT2D eigenvalue weighted by atomic mass is 9.75. The Hall–Kier alpha value is -1.88. The van der Waals surface area contributed by atoms with Gasteiger partial charge in [0.1, 0.15) is 0 Å². The summed E-state index contributed by atoms with van der Waals surface area (Å²) in [4.78, 5) is 24.5. The number of likely N-dealkylation sites (tertiary alicyclic amines) is 1. The van der Waals surface area contributed by atoms with E-state index < -0.39 is 11.6 Å². The highest BCUT2D eigenvalue weighted by Crippen LogP contribution is 2.42. The molecule has 2 atom stereocenters. The molecule has 1 saturated carbocycles. The van der Waals surface area contributed by atoms with Gasteiger partial charge in [-0.15, -0.1) is 0 Å². The topological polar surface area (TPSA) is 77.8 Å². The molecule has 1 aliphatic carbocycles. The van der Waals surface area contributed by atoms with Crippen LogP contribution in [0.15, 0.2) is 24.3 Å². The van der Waals surface area contributed by atoms with Crippen molar-refractivity contribution in [3.63, 3.8) is 0 Å². The van der Waals surface area contributed by atoms with Crippen LogP contribution in [0.25, 0.3) is 0 Å². The highest BCUT2D eigenvalue weighted by molar-refractivity contribution is 5.83. The van der Waals surface area contributed by atoms with Gasteiger partial charge in [0, 0.05) is 13.0 Å². The smallest absolute Gasteiger partial charge is 0.303 e. The molecule has 0 spiro atoms. The van der Waals surface area contributed by atoms with Crippen molar-refractivity contribution in [3.8, 4) is 0 Å². The Morgan fingerprint density at radius 1 is 1.27 bits per heavy atom. The Balaban J connectivity index is 1.51. The summed E-state index contributed by atoms with van der Waals surface area (Å²) in [6.07, 6.45) is 5.99. The average Bonchev–Trinajstić information content (AvgIpc) is 2.57. The lowest BCUT2D eigenvalue weighted by Gasteiger charge is -2.42. The molecule has 2 aliphatic rings. The average molecular weight is 359 g/mol. The quantitative estimate of drug-likeness (QED) is 0.660. The van der Waals surface area contributed by atoms with E-state index >= 15 is 0 Å². The largest absolute Gasteiger partial charge is 0.481 e.